The first-order valence-corrected chi connectivity index (χ1v) is 14.4. The van der Waals surface area contributed by atoms with Crippen molar-refractivity contribution in [3.8, 4) is 11.1 Å². The van der Waals surface area contributed by atoms with Crippen LogP contribution in [-0.4, -0.2) is 17.6 Å². The zero-order valence-electron chi connectivity index (χ0n) is 24.8. The SMILES string of the molecule is Cc1ccc(CC(=O)Nc2ccc(NC(=O)/C=C/c3cccc(-c4ccc(C(F)(F)F)cc4)c3)cc2C(=O)c2ccccc2)cc1. The first-order chi connectivity index (χ1) is 22.0. The maximum Gasteiger partial charge on any atom is 0.416 e. The van der Waals surface area contributed by atoms with Gasteiger partial charge in [0, 0.05) is 22.9 Å². The average molecular weight is 619 g/mol. The Hall–Kier alpha value is -5.76. The summed E-state index contributed by atoms with van der Waals surface area (Å²) < 4.78 is 38.8. The third-order valence-corrected chi connectivity index (χ3v) is 7.19. The maximum atomic E-state index is 13.5. The van der Waals surface area contributed by atoms with Crippen molar-refractivity contribution in [2.45, 2.75) is 19.5 Å². The van der Waals surface area contributed by atoms with Crippen molar-refractivity contribution in [1.82, 2.24) is 0 Å². The molecule has 0 atom stereocenters. The fourth-order valence-corrected chi connectivity index (χ4v) is 4.78. The number of ketones is 1. The van der Waals surface area contributed by atoms with Crippen molar-refractivity contribution in [2.75, 3.05) is 10.6 Å². The summed E-state index contributed by atoms with van der Waals surface area (Å²) in [6.07, 6.45) is -1.38. The summed E-state index contributed by atoms with van der Waals surface area (Å²) in [6.45, 7) is 1.96. The number of aryl methyl sites for hydroxylation is 1. The summed E-state index contributed by atoms with van der Waals surface area (Å²) in [7, 11) is 0. The number of carbonyl (C=O) groups is 3. The van der Waals surface area contributed by atoms with E-state index in [0.29, 0.717) is 33.6 Å². The molecule has 0 bridgehead atoms. The number of hydrogen-bond donors (Lipinski definition) is 2. The van der Waals surface area contributed by atoms with E-state index >= 15 is 0 Å². The van der Waals surface area contributed by atoms with Gasteiger partial charge in [-0.3, -0.25) is 14.4 Å². The summed E-state index contributed by atoms with van der Waals surface area (Å²) in [4.78, 5) is 39.2. The van der Waals surface area contributed by atoms with Crippen LogP contribution in [0.4, 0.5) is 24.5 Å². The normalized spacial score (nSPS) is 11.3. The molecule has 0 aromatic heterocycles. The molecular formula is C38H29F3N2O3. The molecule has 0 aliphatic rings. The van der Waals surface area contributed by atoms with Gasteiger partial charge >= 0.3 is 6.18 Å². The van der Waals surface area contributed by atoms with Crippen molar-refractivity contribution in [3.05, 3.63) is 161 Å². The number of amides is 2. The van der Waals surface area contributed by atoms with Crippen LogP contribution in [0.5, 0.6) is 0 Å². The van der Waals surface area contributed by atoms with E-state index in [2.05, 4.69) is 10.6 Å². The molecule has 0 radical (unpaired) electrons. The highest BCUT2D eigenvalue weighted by molar-refractivity contribution is 6.15. The minimum atomic E-state index is -4.41. The molecule has 2 N–H and O–H groups in total. The molecule has 5 aromatic rings. The van der Waals surface area contributed by atoms with Crippen molar-refractivity contribution >= 4 is 35.0 Å². The number of nitrogens with one attached hydrogen (secondary N) is 2. The van der Waals surface area contributed by atoms with Crippen molar-refractivity contribution in [2.24, 2.45) is 0 Å². The maximum absolute atomic E-state index is 13.5. The molecule has 0 unspecified atom stereocenters. The number of benzene rings is 5. The van der Waals surface area contributed by atoms with Gasteiger partial charge in [0.1, 0.15) is 0 Å². The van der Waals surface area contributed by atoms with Crippen molar-refractivity contribution < 1.29 is 27.6 Å². The summed E-state index contributed by atoms with van der Waals surface area (Å²) in [5.74, 6) is -1.07. The number of anilines is 2. The molecule has 0 heterocycles. The molecule has 5 aromatic carbocycles. The largest absolute Gasteiger partial charge is 0.416 e. The van der Waals surface area contributed by atoms with Crippen LogP contribution in [0.1, 0.15) is 38.2 Å². The molecule has 46 heavy (non-hydrogen) atoms. The van der Waals surface area contributed by atoms with E-state index in [-0.39, 0.29) is 23.7 Å². The van der Waals surface area contributed by atoms with Gasteiger partial charge < -0.3 is 10.6 Å². The first kappa shape index (κ1) is 31.7. The van der Waals surface area contributed by atoms with Crippen molar-refractivity contribution in [3.63, 3.8) is 0 Å². The predicted octanol–water partition coefficient (Wildman–Crippen LogP) is 8.74. The highest BCUT2D eigenvalue weighted by Crippen LogP contribution is 2.31. The molecule has 0 aliphatic heterocycles. The van der Waals surface area contributed by atoms with Crippen LogP contribution in [0, 0.1) is 6.92 Å². The van der Waals surface area contributed by atoms with Crippen LogP contribution < -0.4 is 10.6 Å². The highest BCUT2D eigenvalue weighted by atomic mass is 19.4. The second-order valence-electron chi connectivity index (χ2n) is 10.7. The molecule has 0 saturated carbocycles. The Balaban J connectivity index is 1.32. The number of hydrogen-bond acceptors (Lipinski definition) is 3. The van der Waals surface area contributed by atoms with E-state index in [0.717, 1.165) is 23.3 Å². The Morgan fingerprint density at radius 3 is 2.13 bits per heavy atom. The van der Waals surface area contributed by atoms with Crippen molar-refractivity contribution in [1.29, 1.82) is 0 Å². The van der Waals surface area contributed by atoms with Gasteiger partial charge in [0.15, 0.2) is 5.78 Å². The smallest absolute Gasteiger partial charge is 0.325 e. The van der Waals surface area contributed by atoms with Crippen LogP contribution in [0.25, 0.3) is 17.2 Å². The Bertz CT molecular complexity index is 1900. The monoisotopic (exact) mass is 618 g/mol. The Kier molecular flexibility index (Phi) is 9.57. The molecule has 8 heteroatoms. The van der Waals surface area contributed by atoms with E-state index < -0.39 is 17.6 Å². The van der Waals surface area contributed by atoms with Gasteiger partial charge in [-0.25, -0.2) is 0 Å². The molecule has 0 fully saturated rings. The molecule has 0 aliphatic carbocycles. The second-order valence-corrected chi connectivity index (χ2v) is 10.7. The topological polar surface area (TPSA) is 75.3 Å². The Morgan fingerprint density at radius 2 is 1.43 bits per heavy atom. The average Bonchev–Trinajstić information content (AvgIpc) is 3.05. The lowest BCUT2D eigenvalue weighted by atomic mass is 10.0. The second kappa shape index (κ2) is 13.9. The zero-order chi connectivity index (χ0) is 32.7. The lowest BCUT2D eigenvalue weighted by Gasteiger charge is -2.13. The fraction of sp³-hybridized carbons (Fsp3) is 0.0789. The molecule has 5 nitrogen and oxygen atoms in total. The van der Waals surface area contributed by atoms with E-state index in [9.17, 15) is 27.6 Å². The van der Waals surface area contributed by atoms with Crippen LogP contribution in [-0.2, 0) is 22.2 Å². The fourth-order valence-electron chi connectivity index (χ4n) is 4.78. The summed E-state index contributed by atoms with van der Waals surface area (Å²) in [5.41, 5.74) is 4.47. The third kappa shape index (κ3) is 8.24. The first-order valence-electron chi connectivity index (χ1n) is 14.4. The summed E-state index contributed by atoms with van der Waals surface area (Å²) in [6, 6.07) is 32.8. The molecule has 2 amide bonds. The lowest BCUT2D eigenvalue weighted by molar-refractivity contribution is -0.137. The van der Waals surface area contributed by atoms with Gasteiger partial charge in [0.2, 0.25) is 11.8 Å². The van der Waals surface area contributed by atoms with E-state index in [1.807, 2.05) is 31.2 Å². The van der Waals surface area contributed by atoms with Gasteiger partial charge in [-0.15, -0.1) is 0 Å². The predicted molar refractivity (Wildman–Crippen MR) is 174 cm³/mol. The Labute approximate surface area is 264 Å². The molecule has 0 saturated heterocycles. The Morgan fingerprint density at radius 1 is 0.717 bits per heavy atom. The standard InChI is InChI=1S/C38H29F3N2O3/c1-25-10-12-27(13-11-25)23-36(45)43-34-20-19-32(24-33(34)37(46)29-7-3-2-4-8-29)42-35(44)21-14-26-6-5-9-30(22-26)28-15-17-31(18-16-28)38(39,40)41/h2-22,24H,23H2,1H3,(H,42,44)(H,43,45)/b21-14+. The zero-order valence-corrected chi connectivity index (χ0v) is 24.8. The minimum Gasteiger partial charge on any atom is -0.325 e. The lowest BCUT2D eigenvalue weighted by Crippen LogP contribution is -2.18. The molecule has 5 rings (SSSR count). The third-order valence-electron chi connectivity index (χ3n) is 7.19. The van der Waals surface area contributed by atoms with E-state index in [1.54, 1.807) is 72.8 Å². The quantitative estimate of drug-likeness (QED) is 0.128. The van der Waals surface area contributed by atoms with E-state index in [4.69, 9.17) is 0 Å². The van der Waals surface area contributed by atoms with Gasteiger partial charge in [-0.2, -0.15) is 13.2 Å². The minimum absolute atomic E-state index is 0.128. The number of halogens is 3. The molecule has 0 spiro atoms. The van der Waals surface area contributed by atoms with Gasteiger partial charge in [0.05, 0.1) is 17.7 Å². The van der Waals surface area contributed by atoms with Gasteiger partial charge in [0.25, 0.3) is 0 Å². The highest BCUT2D eigenvalue weighted by Gasteiger charge is 2.30. The van der Waals surface area contributed by atoms with Crippen LogP contribution in [0.15, 0.2) is 127 Å². The summed E-state index contributed by atoms with van der Waals surface area (Å²) in [5, 5.41) is 5.59. The van der Waals surface area contributed by atoms with Crippen LogP contribution in [0.2, 0.25) is 0 Å². The number of alkyl halides is 3. The van der Waals surface area contributed by atoms with E-state index in [1.165, 1.54) is 24.3 Å². The molecule has 230 valence electrons. The van der Waals surface area contributed by atoms with Gasteiger partial charge in [-0.1, -0.05) is 90.5 Å². The van der Waals surface area contributed by atoms with Crippen LogP contribution >= 0.6 is 0 Å². The summed E-state index contributed by atoms with van der Waals surface area (Å²) >= 11 is 0. The molecular weight excluding hydrogens is 589 g/mol. The van der Waals surface area contributed by atoms with Crippen LogP contribution in [0.3, 0.4) is 0 Å². The number of carbonyl (C=O) groups excluding carboxylic acids is 3. The number of rotatable bonds is 9. The van der Waals surface area contributed by atoms with Gasteiger partial charge in [-0.05, 0) is 71.7 Å².